The Kier molecular flexibility index (Phi) is 6.31. The van der Waals surface area contributed by atoms with E-state index in [0.29, 0.717) is 12.1 Å². The van der Waals surface area contributed by atoms with E-state index in [1.807, 2.05) is 49.3 Å². The highest BCUT2D eigenvalue weighted by Gasteiger charge is 2.45. The van der Waals surface area contributed by atoms with Crippen molar-refractivity contribution >= 4 is 33.4 Å². The summed E-state index contributed by atoms with van der Waals surface area (Å²) in [4.78, 5) is 29.3. The Morgan fingerprint density at radius 2 is 1.82 bits per heavy atom. The lowest BCUT2D eigenvalue weighted by atomic mass is 9.95. The van der Waals surface area contributed by atoms with Crippen LogP contribution >= 0.6 is 15.9 Å². The number of carbonyl (C=O) groups excluding carboxylic acids is 2. The van der Waals surface area contributed by atoms with Gasteiger partial charge in [-0.3, -0.25) is 9.59 Å². The van der Waals surface area contributed by atoms with Gasteiger partial charge in [0, 0.05) is 16.6 Å². The van der Waals surface area contributed by atoms with Crippen molar-refractivity contribution in [1.82, 2.24) is 9.80 Å². The number of likely N-dealkylation sites (tertiary alicyclic amines) is 1. The molecule has 28 heavy (non-hydrogen) atoms. The molecule has 0 radical (unpaired) electrons. The van der Waals surface area contributed by atoms with Crippen molar-refractivity contribution < 1.29 is 14.7 Å². The van der Waals surface area contributed by atoms with Gasteiger partial charge >= 0.3 is 0 Å². The minimum atomic E-state index is -0.642. The first-order valence-corrected chi connectivity index (χ1v) is 9.93. The lowest BCUT2D eigenvalue weighted by Crippen LogP contribution is -2.32. The van der Waals surface area contributed by atoms with E-state index in [1.54, 1.807) is 29.2 Å². The third-order valence-electron chi connectivity index (χ3n) is 4.76. The van der Waals surface area contributed by atoms with Gasteiger partial charge in [-0.05, 0) is 44.8 Å². The summed E-state index contributed by atoms with van der Waals surface area (Å²) in [7, 11) is 3.94. The first kappa shape index (κ1) is 20.3. The number of benzene rings is 2. The summed E-state index contributed by atoms with van der Waals surface area (Å²) in [6.45, 7) is 1.23. The van der Waals surface area contributed by atoms with Crippen LogP contribution in [0.25, 0.3) is 5.76 Å². The van der Waals surface area contributed by atoms with Crippen molar-refractivity contribution in [3.05, 3.63) is 75.8 Å². The van der Waals surface area contributed by atoms with Gasteiger partial charge in [-0.25, -0.2) is 0 Å². The van der Waals surface area contributed by atoms with Gasteiger partial charge in [0.25, 0.3) is 11.7 Å². The normalized spacial score (nSPS) is 18.9. The quantitative estimate of drug-likeness (QED) is 0.419. The van der Waals surface area contributed by atoms with Crippen LogP contribution in [0.3, 0.4) is 0 Å². The molecule has 1 fully saturated rings. The zero-order chi connectivity index (χ0) is 20.3. The van der Waals surface area contributed by atoms with Crippen LogP contribution in [0.1, 0.15) is 23.6 Å². The number of ketones is 1. The predicted octanol–water partition coefficient (Wildman–Crippen LogP) is 3.82. The molecule has 2 aromatic rings. The smallest absolute Gasteiger partial charge is 0.295 e. The molecular formula is C22H23BrN2O3. The van der Waals surface area contributed by atoms with Crippen molar-refractivity contribution in [3.63, 3.8) is 0 Å². The SMILES string of the molecule is CN(C)CCCN1C(=O)C(=O)/C(=C(/O)c2ccccc2)[C@@H]1c1cccc(Br)c1. The maximum Gasteiger partial charge on any atom is 0.295 e. The molecule has 1 amide bonds. The molecule has 0 aromatic heterocycles. The molecule has 2 aromatic carbocycles. The van der Waals surface area contributed by atoms with Gasteiger partial charge in [0.05, 0.1) is 11.6 Å². The average molecular weight is 443 g/mol. The molecule has 0 aliphatic carbocycles. The number of aliphatic hydroxyl groups excluding tert-OH is 1. The molecule has 1 aliphatic rings. The zero-order valence-electron chi connectivity index (χ0n) is 15.9. The van der Waals surface area contributed by atoms with Crippen LogP contribution in [0.5, 0.6) is 0 Å². The van der Waals surface area contributed by atoms with Gasteiger partial charge in [-0.15, -0.1) is 0 Å². The van der Waals surface area contributed by atoms with E-state index < -0.39 is 17.7 Å². The zero-order valence-corrected chi connectivity index (χ0v) is 17.5. The summed E-state index contributed by atoms with van der Waals surface area (Å²) in [5.41, 5.74) is 1.45. The number of rotatable bonds is 6. The van der Waals surface area contributed by atoms with Crippen LogP contribution in [0.4, 0.5) is 0 Å². The van der Waals surface area contributed by atoms with E-state index in [0.717, 1.165) is 23.0 Å². The lowest BCUT2D eigenvalue weighted by Gasteiger charge is -2.26. The van der Waals surface area contributed by atoms with E-state index in [1.165, 1.54) is 0 Å². The van der Waals surface area contributed by atoms with Crippen molar-refractivity contribution in [1.29, 1.82) is 0 Å². The Bertz CT molecular complexity index is 909. The molecule has 3 rings (SSSR count). The molecule has 1 N–H and O–H groups in total. The Labute approximate surface area is 173 Å². The van der Waals surface area contributed by atoms with Gasteiger partial charge in [0.15, 0.2) is 0 Å². The van der Waals surface area contributed by atoms with Crippen LogP contribution in [-0.2, 0) is 9.59 Å². The number of carbonyl (C=O) groups is 2. The van der Waals surface area contributed by atoms with Gasteiger partial charge in [0.1, 0.15) is 5.76 Å². The van der Waals surface area contributed by atoms with E-state index in [-0.39, 0.29) is 11.3 Å². The fourth-order valence-electron chi connectivity index (χ4n) is 3.44. The Morgan fingerprint density at radius 3 is 2.46 bits per heavy atom. The van der Waals surface area contributed by atoms with Crippen molar-refractivity contribution in [3.8, 4) is 0 Å². The van der Waals surface area contributed by atoms with Crippen molar-refractivity contribution in [2.24, 2.45) is 0 Å². The number of nitrogens with zero attached hydrogens (tertiary/aromatic N) is 2. The molecule has 1 aliphatic heterocycles. The highest BCUT2D eigenvalue weighted by atomic mass is 79.9. The Morgan fingerprint density at radius 1 is 1.11 bits per heavy atom. The molecule has 1 saturated heterocycles. The van der Waals surface area contributed by atoms with Crippen LogP contribution < -0.4 is 0 Å². The van der Waals surface area contributed by atoms with Crippen LogP contribution in [0.2, 0.25) is 0 Å². The second-order valence-corrected chi connectivity index (χ2v) is 7.99. The standard InChI is InChI=1S/C22H23BrN2O3/c1-24(2)12-7-13-25-19(16-10-6-11-17(23)14-16)18(21(27)22(25)28)20(26)15-8-4-3-5-9-15/h3-6,8-11,14,19,26H,7,12-13H2,1-2H3/b20-18+/t19-/m0/s1. The van der Waals surface area contributed by atoms with Crippen LogP contribution in [0, 0.1) is 0 Å². The topological polar surface area (TPSA) is 60.9 Å². The van der Waals surface area contributed by atoms with E-state index in [4.69, 9.17) is 0 Å². The van der Waals surface area contributed by atoms with Crippen molar-refractivity contribution in [2.45, 2.75) is 12.5 Å². The number of amides is 1. The number of hydrogen-bond acceptors (Lipinski definition) is 4. The molecule has 0 unspecified atom stereocenters. The maximum atomic E-state index is 12.9. The summed E-state index contributed by atoms with van der Waals surface area (Å²) >= 11 is 3.46. The fraction of sp³-hybridized carbons (Fsp3) is 0.273. The summed E-state index contributed by atoms with van der Waals surface area (Å²) in [6.07, 6.45) is 0.732. The highest BCUT2D eigenvalue weighted by Crippen LogP contribution is 2.40. The first-order chi connectivity index (χ1) is 13.4. The van der Waals surface area contributed by atoms with Crippen molar-refractivity contribution in [2.75, 3.05) is 27.2 Å². The Balaban J connectivity index is 2.08. The third-order valence-corrected chi connectivity index (χ3v) is 5.25. The van der Waals surface area contributed by atoms with Gasteiger partial charge < -0.3 is 14.9 Å². The summed E-state index contributed by atoms with van der Waals surface area (Å²) < 4.78 is 0.851. The lowest BCUT2D eigenvalue weighted by molar-refractivity contribution is -0.139. The van der Waals surface area contributed by atoms with E-state index in [9.17, 15) is 14.7 Å². The maximum absolute atomic E-state index is 12.9. The van der Waals surface area contributed by atoms with Gasteiger partial charge in [-0.1, -0.05) is 58.4 Å². The second kappa shape index (κ2) is 8.71. The molecule has 5 nitrogen and oxygen atoms in total. The van der Waals surface area contributed by atoms with Crippen LogP contribution in [-0.4, -0.2) is 53.8 Å². The molecule has 6 heteroatoms. The Hall–Kier alpha value is -2.44. The number of Topliss-reactive ketones (excluding diaryl/α,β-unsaturated/α-hetero) is 1. The minimum Gasteiger partial charge on any atom is -0.507 e. The molecule has 146 valence electrons. The molecule has 1 atom stereocenters. The molecular weight excluding hydrogens is 420 g/mol. The van der Waals surface area contributed by atoms with E-state index in [2.05, 4.69) is 15.9 Å². The van der Waals surface area contributed by atoms with E-state index >= 15 is 0 Å². The number of aliphatic hydroxyl groups is 1. The summed E-state index contributed by atoms with van der Waals surface area (Å²) in [6, 6.07) is 15.8. The predicted molar refractivity (Wildman–Crippen MR) is 113 cm³/mol. The second-order valence-electron chi connectivity index (χ2n) is 7.07. The monoisotopic (exact) mass is 442 g/mol. The largest absolute Gasteiger partial charge is 0.507 e. The van der Waals surface area contributed by atoms with Gasteiger partial charge in [-0.2, -0.15) is 0 Å². The minimum absolute atomic E-state index is 0.138. The first-order valence-electron chi connectivity index (χ1n) is 9.14. The van der Waals surface area contributed by atoms with Crippen LogP contribution in [0.15, 0.2) is 64.6 Å². The molecule has 1 heterocycles. The summed E-state index contributed by atoms with van der Waals surface area (Å²) in [5, 5.41) is 10.9. The number of hydrogen-bond donors (Lipinski definition) is 1. The summed E-state index contributed by atoms with van der Waals surface area (Å²) in [5.74, 6) is -1.35. The van der Waals surface area contributed by atoms with Gasteiger partial charge in [0.2, 0.25) is 0 Å². The molecule has 0 saturated carbocycles. The molecule has 0 spiro atoms. The molecule has 0 bridgehead atoms. The fourth-order valence-corrected chi connectivity index (χ4v) is 3.86. The highest BCUT2D eigenvalue weighted by molar-refractivity contribution is 9.10. The average Bonchev–Trinajstić information content (AvgIpc) is 2.93. The number of halogens is 1. The third kappa shape index (κ3) is 4.18.